The summed E-state index contributed by atoms with van der Waals surface area (Å²) in [6, 6.07) is 27.9. The molecule has 1 aliphatic rings. The van der Waals surface area contributed by atoms with Crippen LogP contribution in [0.5, 0.6) is 0 Å². The monoisotopic (exact) mass is 300 g/mol. The van der Waals surface area contributed by atoms with Crippen LogP contribution in [-0.4, -0.2) is 0 Å². The fourth-order valence-electron chi connectivity index (χ4n) is 3.29. The second-order valence-electron chi connectivity index (χ2n) is 6.38. The molecule has 1 fully saturated rings. The second-order valence-corrected chi connectivity index (χ2v) is 6.38. The van der Waals surface area contributed by atoms with Crippen LogP contribution >= 0.6 is 0 Å². The van der Waals surface area contributed by atoms with Gasteiger partial charge in [0.25, 0.3) is 0 Å². The molecule has 0 N–H and O–H groups in total. The van der Waals surface area contributed by atoms with Gasteiger partial charge in [-0.3, -0.25) is 0 Å². The van der Waals surface area contributed by atoms with Crippen LogP contribution < -0.4 is 0 Å². The van der Waals surface area contributed by atoms with Crippen LogP contribution in [-0.2, 0) is 10.3 Å². The molecule has 3 aromatic carbocycles. The van der Waals surface area contributed by atoms with Crippen LogP contribution in [0.15, 0.2) is 78.9 Å². The Hall–Kier alpha value is -2.38. The average molecular weight is 300 g/mol. The van der Waals surface area contributed by atoms with Gasteiger partial charge in [0, 0.05) is 0 Å². The van der Waals surface area contributed by atoms with Crippen molar-refractivity contribution in [3.63, 3.8) is 0 Å². The van der Waals surface area contributed by atoms with E-state index in [1.54, 1.807) is 0 Å². The summed E-state index contributed by atoms with van der Waals surface area (Å²) in [5.41, 5.74) is 5.85. The van der Waals surface area contributed by atoms with Crippen molar-refractivity contribution < 1.29 is 4.74 Å². The zero-order valence-corrected chi connectivity index (χ0v) is 13.5. The third kappa shape index (κ3) is 2.38. The normalized spacial score (nSPS) is 18.6. The number of aryl methyl sites for hydroxylation is 2. The molecule has 0 spiro atoms. The number of epoxide rings is 1. The average Bonchev–Trinajstić information content (AvgIpc) is 3.34. The second kappa shape index (κ2) is 5.36. The van der Waals surface area contributed by atoms with E-state index in [9.17, 15) is 0 Å². The lowest BCUT2D eigenvalue weighted by Gasteiger charge is -2.15. The van der Waals surface area contributed by atoms with Gasteiger partial charge in [-0.05, 0) is 30.5 Å². The van der Waals surface area contributed by atoms with E-state index in [1.807, 2.05) is 6.07 Å². The van der Waals surface area contributed by atoms with Crippen molar-refractivity contribution in [1.82, 2.24) is 0 Å². The smallest absolute Gasteiger partial charge is 0.149 e. The molecule has 0 radical (unpaired) electrons. The number of ether oxygens (including phenoxy) is 1. The zero-order chi connectivity index (χ0) is 15.9. The fraction of sp³-hybridized carbons (Fsp3) is 0.182. The van der Waals surface area contributed by atoms with Gasteiger partial charge in [-0.1, -0.05) is 90.0 Å². The van der Waals surface area contributed by atoms with Crippen LogP contribution in [0.2, 0.25) is 0 Å². The molecular formula is C22H20O. The number of benzene rings is 3. The quantitative estimate of drug-likeness (QED) is 0.596. The van der Waals surface area contributed by atoms with Gasteiger partial charge in [0.1, 0.15) is 11.7 Å². The van der Waals surface area contributed by atoms with Crippen molar-refractivity contribution in [2.75, 3.05) is 0 Å². The summed E-state index contributed by atoms with van der Waals surface area (Å²) >= 11 is 0. The Kier molecular flexibility index (Phi) is 3.32. The molecule has 114 valence electrons. The third-order valence-corrected chi connectivity index (χ3v) is 4.68. The summed E-state index contributed by atoms with van der Waals surface area (Å²) in [5, 5.41) is 0. The highest BCUT2D eigenvalue weighted by Crippen LogP contribution is 2.60. The van der Waals surface area contributed by atoms with Crippen molar-refractivity contribution in [3.05, 3.63) is 107 Å². The summed E-state index contributed by atoms with van der Waals surface area (Å²) < 4.78 is 6.34. The third-order valence-electron chi connectivity index (χ3n) is 4.68. The van der Waals surface area contributed by atoms with Gasteiger partial charge in [0.2, 0.25) is 0 Å². The predicted molar refractivity (Wildman–Crippen MR) is 93.4 cm³/mol. The molecule has 1 heterocycles. The highest BCUT2D eigenvalue weighted by Gasteiger charge is 2.59. The Morgan fingerprint density at radius 1 is 0.652 bits per heavy atom. The summed E-state index contributed by atoms with van der Waals surface area (Å²) in [6.07, 6.45) is 0.0779. The molecule has 23 heavy (non-hydrogen) atoms. The maximum atomic E-state index is 6.34. The number of hydrogen-bond acceptors (Lipinski definition) is 1. The Morgan fingerprint density at radius 3 is 1.61 bits per heavy atom. The molecule has 1 atom stereocenters. The van der Waals surface area contributed by atoms with Gasteiger partial charge in [-0.25, -0.2) is 0 Å². The lowest BCUT2D eigenvalue weighted by Crippen LogP contribution is -2.12. The van der Waals surface area contributed by atoms with Gasteiger partial charge in [0.15, 0.2) is 0 Å². The Morgan fingerprint density at radius 2 is 1.13 bits per heavy atom. The molecular weight excluding hydrogens is 280 g/mol. The highest BCUT2D eigenvalue weighted by molar-refractivity contribution is 5.47. The molecule has 1 heteroatoms. The van der Waals surface area contributed by atoms with Crippen LogP contribution in [0.3, 0.4) is 0 Å². The van der Waals surface area contributed by atoms with E-state index in [4.69, 9.17) is 4.74 Å². The molecule has 0 unspecified atom stereocenters. The SMILES string of the molecule is Cc1ccc(C2(c3ccc(C)cc3)O[C@H]2c2ccccc2)cc1. The molecule has 1 saturated heterocycles. The van der Waals surface area contributed by atoms with E-state index in [2.05, 4.69) is 86.6 Å². The Balaban J connectivity index is 1.82. The number of hydrogen-bond donors (Lipinski definition) is 0. The lowest BCUT2D eigenvalue weighted by atomic mass is 9.85. The van der Waals surface area contributed by atoms with Crippen LogP contribution in [0.25, 0.3) is 0 Å². The standard InChI is InChI=1S/C22H20O/c1-16-8-12-19(13-9-16)22(20-14-10-17(2)11-15-20)21(23-22)18-6-4-3-5-7-18/h3-15,21H,1-2H3/t21-/m0/s1. The molecule has 0 aliphatic carbocycles. The van der Waals surface area contributed by atoms with Crippen molar-refractivity contribution in [2.24, 2.45) is 0 Å². The van der Waals surface area contributed by atoms with E-state index in [-0.39, 0.29) is 11.7 Å². The van der Waals surface area contributed by atoms with Gasteiger partial charge in [0.05, 0.1) is 0 Å². The minimum atomic E-state index is -0.358. The Bertz CT molecular complexity index is 755. The topological polar surface area (TPSA) is 12.5 Å². The predicted octanol–water partition coefficient (Wildman–Crippen LogP) is 5.32. The number of rotatable bonds is 3. The fourth-order valence-corrected chi connectivity index (χ4v) is 3.29. The summed E-state index contributed by atoms with van der Waals surface area (Å²) in [5.74, 6) is 0. The van der Waals surface area contributed by atoms with Crippen molar-refractivity contribution in [2.45, 2.75) is 25.6 Å². The Labute approximate surface area is 137 Å². The highest BCUT2D eigenvalue weighted by atomic mass is 16.6. The first kappa shape index (κ1) is 14.2. The minimum Gasteiger partial charge on any atom is -0.351 e. The van der Waals surface area contributed by atoms with Crippen molar-refractivity contribution >= 4 is 0 Å². The van der Waals surface area contributed by atoms with Crippen molar-refractivity contribution in [3.8, 4) is 0 Å². The summed E-state index contributed by atoms with van der Waals surface area (Å²) in [7, 11) is 0. The molecule has 0 bridgehead atoms. The first-order valence-electron chi connectivity index (χ1n) is 8.07. The van der Waals surface area contributed by atoms with E-state index in [0.29, 0.717) is 0 Å². The van der Waals surface area contributed by atoms with E-state index >= 15 is 0 Å². The van der Waals surface area contributed by atoms with Gasteiger partial charge in [-0.15, -0.1) is 0 Å². The van der Waals surface area contributed by atoms with Crippen LogP contribution in [0.4, 0.5) is 0 Å². The van der Waals surface area contributed by atoms with E-state index < -0.39 is 0 Å². The van der Waals surface area contributed by atoms with Crippen molar-refractivity contribution in [1.29, 1.82) is 0 Å². The molecule has 0 amide bonds. The molecule has 1 aliphatic heterocycles. The zero-order valence-electron chi connectivity index (χ0n) is 13.5. The molecule has 4 rings (SSSR count). The molecule has 3 aromatic rings. The molecule has 0 saturated carbocycles. The maximum Gasteiger partial charge on any atom is 0.149 e. The van der Waals surface area contributed by atoms with E-state index in [1.165, 1.54) is 27.8 Å². The van der Waals surface area contributed by atoms with Gasteiger partial charge < -0.3 is 4.74 Å². The summed E-state index contributed by atoms with van der Waals surface area (Å²) in [4.78, 5) is 0. The van der Waals surface area contributed by atoms with Crippen LogP contribution in [0.1, 0.15) is 33.9 Å². The molecule has 0 aromatic heterocycles. The minimum absolute atomic E-state index is 0.0779. The van der Waals surface area contributed by atoms with E-state index in [0.717, 1.165) is 0 Å². The van der Waals surface area contributed by atoms with Gasteiger partial charge >= 0.3 is 0 Å². The van der Waals surface area contributed by atoms with Crippen LogP contribution in [0, 0.1) is 13.8 Å². The maximum absolute atomic E-state index is 6.34. The van der Waals surface area contributed by atoms with Gasteiger partial charge in [-0.2, -0.15) is 0 Å². The lowest BCUT2D eigenvalue weighted by molar-refractivity contribution is 0.329. The molecule has 1 nitrogen and oxygen atoms in total. The first-order chi connectivity index (χ1) is 11.2. The largest absolute Gasteiger partial charge is 0.351 e. The first-order valence-corrected chi connectivity index (χ1v) is 8.07. The summed E-state index contributed by atoms with van der Waals surface area (Å²) in [6.45, 7) is 4.23.